The molecule has 0 rings (SSSR count). The molecule has 9 nitrogen and oxygen atoms in total. The third-order valence-electron chi connectivity index (χ3n) is 11.0. The van der Waals surface area contributed by atoms with Gasteiger partial charge in [-0.05, 0) is 19.9 Å². The van der Waals surface area contributed by atoms with E-state index in [1.54, 1.807) is 0 Å². The molecule has 0 bridgehead atoms. The summed E-state index contributed by atoms with van der Waals surface area (Å²) in [6, 6.07) is 0. The summed E-state index contributed by atoms with van der Waals surface area (Å²) in [5.74, 6) is -0.0641. The number of carboxylic acid groups (broad SMARTS) is 1. The maximum absolute atomic E-state index is 12.4. The maximum atomic E-state index is 12.4. The molecule has 55 heavy (non-hydrogen) atoms. The van der Waals surface area contributed by atoms with Crippen molar-refractivity contribution in [1.29, 1.82) is 0 Å². The van der Waals surface area contributed by atoms with Crippen LogP contribution in [0.5, 0.6) is 0 Å². The van der Waals surface area contributed by atoms with Crippen molar-refractivity contribution < 1.29 is 19.5 Å². The number of hydrogen-bond donors (Lipinski definition) is 4. The lowest BCUT2D eigenvalue weighted by molar-refractivity contribution is -0.122. The molecule has 0 saturated carbocycles. The topological polar surface area (TPSA) is 114 Å². The van der Waals surface area contributed by atoms with Gasteiger partial charge in [0, 0.05) is 39.3 Å². The van der Waals surface area contributed by atoms with E-state index in [2.05, 4.69) is 29.8 Å². The minimum Gasteiger partial charge on any atom is -0.465 e. The molecular formula is C46H93N5O4. The number of likely N-dealkylation sites (N-methyl/N-ethyl adjacent to an activating group) is 1. The fourth-order valence-corrected chi connectivity index (χ4v) is 7.25. The van der Waals surface area contributed by atoms with Crippen LogP contribution in [0.3, 0.4) is 0 Å². The van der Waals surface area contributed by atoms with Gasteiger partial charge in [0.2, 0.25) is 11.8 Å². The summed E-state index contributed by atoms with van der Waals surface area (Å²) in [5, 5.41) is 18.7. The van der Waals surface area contributed by atoms with Gasteiger partial charge in [0.05, 0.1) is 13.1 Å². The number of hydrogen-bond acceptors (Lipinski definition) is 5. The first-order valence-electron chi connectivity index (χ1n) is 23.8. The molecule has 4 N–H and O–H groups in total. The molecular weight excluding hydrogens is 687 g/mol. The predicted octanol–water partition coefficient (Wildman–Crippen LogP) is 11.2. The number of carbonyl (C=O) groups excluding carboxylic acids is 2. The molecule has 0 fully saturated rings. The van der Waals surface area contributed by atoms with Crippen LogP contribution < -0.4 is 16.0 Å². The monoisotopic (exact) mass is 780 g/mol. The van der Waals surface area contributed by atoms with Gasteiger partial charge in [-0.15, -0.1) is 0 Å². The molecule has 0 aliphatic carbocycles. The standard InChI is InChI=1S/C46H93N5O4/c1-4-6-8-10-12-14-16-18-20-22-24-26-28-30-32-34-36-48-44(52)42-47-38-39-51(46(54)55)41-40-50(3)43-45(53)49-37-35-33-31-29-27-25-23-21-19-17-15-13-11-9-7-5-2/h47H,4-43H2,1-3H3,(H,48,52)(H,49,53)(H,54,55). The Labute approximate surface area is 341 Å². The average Bonchev–Trinajstić information content (AvgIpc) is 3.16. The Kier molecular flexibility index (Phi) is 41.8. The predicted molar refractivity (Wildman–Crippen MR) is 235 cm³/mol. The fourth-order valence-electron chi connectivity index (χ4n) is 7.25. The van der Waals surface area contributed by atoms with Crippen molar-refractivity contribution in [2.45, 2.75) is 219 Å². The van der Waals surface area contributed by atoms with E-state index in [0.717, 1.165) is 25.7 Å². The van der Waals surface area contributed by atoms with Gasteiger partial charge in [-0.2, -0.15) is 0 Å². The molecule has 0 aliphatic heterocycles. The van der Waals surface area contributed by atoms with Crippen molar-refractivity contribution in [2.24, 2.45) is 0 Å². The second kappa shape index (κ2) is 43.3. The van der Waals surface area contributed by atoms with Gasteiger partial charge in [0.1, 0.15) is 0 Å². The molecule has 0 aromatic rings. The number of amides is 3. The number of nitrogens with one attached hydrogen (secondary N) is 3. The molecule has 0 heterocycles. The molecule has 0 aromatic heterocycles. The molecule has 3 amide bonds. The van der Waals surface area contributed by atoms with E-state index in [0.29, 0.717) is 39.3 Å². The van der Waals surface area contributed by atoms with Crippen molar-refractivity contribution in [2.75, 3.05) is 59.4 Å². The Hall–Kier alpha value is -1.87. The first kappa shape index (κ1) is 53.1. The van der Waals surface area contributed by atoms with Crippen molar-refractivity contribution in [1.82, 2.24) is 25.8 Å². The zero-order valence-corrected chi connectivity index (χ0v) is 36.9. The Morgan fingerprint density at radius 1 is 0.418 bits per heavy atom. The molecule has 0 radical (unpaired) electrons. The van der Waals surface area contributed by atoms with Gasteiger partial charge in [-0.25, -0.2) is 4.79 Å². The normalized spacial score (nSPS) is 11.3. The van der Waals surface area contributed by atoms with E-state index >= 15 is 0 Å². The van der Waals surface area contributed by atoms with E-state index in [-0.39, 0.29) is 24.9 Å². The van der Waals surface area contributed by atoms with Crippen molar-refractivity contribution in [3.63, 3.8) is 0 Å². The van der Waals surface area contributed by atoms with Crippen LogP contribution in [0.2, 0.25) is 0 Å². The first-order valence-corrected chi connectivity index (χ1v) is 23.8. The smallest absolute Gasteiger partial charge is 0.407 e. The van der Waals surface area contributed by atoms with Gasteiger partial charge in [0.15, 0.2) is 0 Å². The lowest BCUT2D eigenvalue weighted by Gasteiger charge is -2.23. The second-order valence-corrected chi connectivity index (χ2v) is 16.5. The molecule has 0 aliphatic rings. The van der Waals surface area contributed by atoms with Gasteiger partial charge in [-0.3, -0.25) is 14.5 Å². The van der Waals surface area contributed by atoms with Crippen LogP contribution in [0.1, 0.15) is 219 Å². The van der Waals surface area contributed by atoms with Crippen LogP contribution in [-0.4, -0.2) is 92.2 Å². The van der Waals surface area contributed by atoms with Crippen LogP contribution in [0.4, 0.5) is 4.79 Å². The molecule has 326 valence electrons. The van der Waals surface area contributed by atoms with Crippen LogP contribution >= 0.6 is 0 Å². The Bertz CT molecular complexity index is 845. The lowest BCUT2D eigenvalue weighted by atomic mass is 10.0. The molecule has 0 spiro atoms. The molecule has 0 unspecified atom stereocenters. The maximum Gasteiger partial charge on any atom is 0.407 e. The molecule has 0 saturated heterocycles. The molecule has 9 heteroatoms. The summed E-state index contributed by atoms with van der Waals surface area (Å²) in [6.45, 7) is 7.87. The zero-order chi connectivity index (χ0) is 40.3. The quantitative estimate of drug-likeness (QED) is 0.0458. The summed E-state index contributed by atoms with van der Waals surface area (Å²) in [5.41, 5.74) is 0. The number of unbranched alkanes of at least 4 members (excludes halogenated alkanes) is 30. The van der Waals surface area contributed by atoms with E-state index in [4.69, 9.17) is 0 Å². The highest BCUT2D eigenvalue weighted by Crippen LogP contribution is 2.15. The van der Waals surface area contributed by atoms with Gasteiger partial charge < -0.3 is 26.0 Å². The molecule has 0 atom stereocenters. The summed E-state index contributed by atoms with van der Waals surface area (Å²) in [7, 11) is 1.84. The van der Waals surface area contributed by atoms with Crippen LogP contribution in [-0.2, 0) is 9.59 Å². The average molecular weight is 780 g/mol. The van der Waals surface area contributed by atoms with Gasteiger partial charge in [0.25, 0.3) is 0 Å². The fraction of sp³-hybridized carbons (Fsp3) is 0.935. The highest BCUT2D eigenvalue weighted by atomic mass is 16.4. The Balaban J connectivity index is 3.62. The zero-order valence-electron chi connectivity index (χ0n) is 36.9. The third-order valence-corrected chi connectivity index (χ3v) is 11.0. The summed E-state index contributed by atoms with van der Waals surface area (Å²) in [6.07, 6.45) is 41.7. The summed E-state index contributed by atoms with van der Waals surface area (Å²) >= 11 is 0. The van der Waals surface area contributed by atoms with Crippen LogP contribution in [0.25, 0.3) is 0 Å². The van der Waals surface area contributed by atoms with Gasteiger partial charge in [-0.1, -0.05) is 206 Å². The summed E-state index contributed by atoms with van der Waals surface area (Å²) in [4.78, 5) is 39.5. The Morgan fingerprint density at radius 2 is 0.745 bits per heavy atom. The minimum atomic E-state index is -0.990. The third kappa shape index (κ3) is 41.6. The number of nitrogens with zero attached hydrogens (tertiary/aromatic N) is 2. The van der Waals surface area contributed by atoms with Crippen molar-refractivity contribution in [3.05, 3.63) is 0 Å². The lowest BCUT2D eigenvalue weighted by Crippen LogP contribution is -2.44. The van der Waals surface area contributed by atoms with E-state index in [1.165, 1.54) is 185 Å². The van der Waals surface area contributed by atoms with E-state index < -0.39 is 6.09 Å². The van der Waals surface area contributed by atoms with Crippen molar-refractivity contribution in [3.8, 4) is 0 Å². The van der Waals surface area contributed by atoms with Crippen molar-refractivity contribution >= 4 is 17.9 Å². The van der Waals surface area contributed by atoms with Crippen LogP contribution in [0.15, 0.2) is 0 Å². The molecule has 0 aromatic carbocycles. The summed E-state index contributed by atoms with van der Waals surface area (Å²) < 4.78 is 0. The largest absolute Gasteiger partial charge is 0.465 e. The van der Waals surface area contributed by atoms with Crippen LogP contribution in [0, 0.1) is 0 Å². The minimum absolute atomic E-state index is 0.0161. The highest BCUT2D eigenvalue weighted by molar-refractivity contribution is 5.78. The van der Waals surface area contributed by atoms with E-state index in [9.17, 15) is 19.5 Å². The Morgan fingerprint density at radius 3 is 1.09 bits per heavy atom. The first-order chi connectivity index (χ1) is 26.9. The highest BCUT2D eigenvalue weighted by Gasteiger charge is 2.14. The second-order valence-electron chi connectivity index (χ2n) is 16.5. The number of rotatable bonds is 44. The van der Waals surface area contributed by atoms with Gasteiger partial charge >= 0.3 is 6.09 Å². The SMILES string of the molecule is CCCCCCCCCCCCCCCCCCNC(=O)CNCCN(CCN(C)CC(=O)NCCCCCCCCCCCCCCCCCC)C(=O)O. The van der Waals surface area contributed by atoms with E-state index in [1.807, 2.05) is 11.9 Å². The number of carbonyl (C=O) groups is 3.